The number of nitro benzene ring substituents is 1. The summed E-state index contributed by atoms with van der Waals surface area (Å²) in [6.45, 7) is 1.70. The third-order valence-corrected chi connectivity index (χ3v) is 3.09. The number of ether oxygens (including phenoxy) is 2. The Labute approximate surface area is 139 Å². The van der Waals surface area contributed by atoms with Gasteiger partial charge in [-0.15, -0.1) is 0 Å². The minimum atomic E-state index is -4.73. The molecule has 0 unspecified atom stereocenters. The Balaban J connectivity index is 2.44. The second kappa shape index (κ2) is 7.20. The molecule has 0 aliphatic rings. The van der Waals surface area contributed by atoms with Crippen molar-refractivity contribution in [3.05, 3.63) is 63.7 Å². The van der Waals surface area contributed by atoms with Gasteiger partial charge in [0.1, 0.15) is 11.3 Å². The first-order valence-corrected chi connectivity index (χ1v) is 7.03. The Hall–Kier alpha value is -3.10. The predicted molar refractivity (Wildman–Crippen MR) is 80.6 cm³/mol. The van der Waals surface area contributed by atoms with Crippen LogP contribution < -0.4 is 4.74 Å². The molecule has 2 aromatic carbocycles. The Morgan fingerprint density at radius 3 is 2.44 bits per heavy atom. The molecule has 9 heteroatoms. The van der Waals surface area contributed by atoms with E-state index in [2.05, 4.69) is 0 Å². The quantitative estimate of drug-likeness (QED) is 0.445. The van der Waals surface area contributed by atoms with Crippen molar-refractivity contribution in [3.8, 4) is 11.5 Å². The van der Waals surface area contributed by atoms with Crippen LogP contribution in [0, 0.1) is 10.1 Å². The Kier molecular flexibility index (Phi) is 5.26. The summed E-state index contributed by atoms with van der Waals surface area (Å²) in [4.78, 5) is 22.0. The van der Waals surface area contributed by atoms with Crippen LogP contribution in [0.15, 0.2) is 42.5 Å². The first-order valence-electron chi connectivity index (χ1n) is 7.03. The number of alkyl halides is 3. The van der Waals surface area contributed by atoms with Crippen LogP contribution in [0.5, 0.6) is 11.5 Å². The van der Waals surface area contributed by atoms with Crippen molar-refractivity contribution in [2.75, 3.05) is 6.61 Å². The summed E-state index contributed by atoms with van der Waals surface area (Å²) in [6.07, 6.45) is -4.73. The summed E-state index contributed by atoms with van der Waals surface area (Å²) >= 11 is 0. The molecule has 0 N–H and O–H groups in total. The highest BCUT2D eigenvalue weighted by Crippen LogP contribution is 2.38. The molecule has 0 aliphatic carbocycles. The number of nitro groups is 1. The molecule has 25 heavy (non-hydrogen) atoms. The molecule has 0 aromatic heterocycles. The van der Waals surface area contributed by atoms with Crippen LogP contribution >= 0.6 is 0 Å². The molecule has 0 saturated carbocycles. The molecular weight excluding hydrogens is 343 g/mol. The fraction of sp³-hybridized carbons (Fsp3) is 0.188. The van der Waals surface area contributed by atoms with Crippen LogP contribution in [-0.4, -0.2) is 17.5 Å². The highest BCUT2D eigenvalue weighted by Gasteiger charge is 2.33. The van der Waals surface area contributed by atoms with Gasteiger partial charge < -0.3 is 9.47 Å². The molecule has 0 saturated heterocycles. The number of esters is 1. The second-order valence-electron chi connectivity index (χ2n) is 4.76. The van der Waals surface area contributed by atoms with Crippen LogP contribution in [-0.2, 0) is 10.9 Å². The van der Waals surface area contributed by atoms with E-state index in [1.54, 1.807) is 6.92 Å². The minimum Gasteiger partial charge on any atom is -0.462 e. The minimum absolute atomic E-state index is 0.00135. The van der Waals surface area contributed by atoms with Gasteiger partial charge in [0.2, 0.25) is 5.75 Å². The molecule has 2 rings (SSSR count). The predicted octanol–water partition coefficient (Wildman–Crippen LogP) is 4.58. The molecular formula is C16H12F3NO5. The lowest BCUT2D eigenvalue weighted by Gasteiger charge is -2.12. The summed E-state index contributed by atoms with van der Waals surface area (Å²) in [5.41, 5.74) is -2.04. The average Bonchev–Trinajstić information content (AvgIpc) is 2.54. The number of benzene rings is 2. The van der Waals surface area contributed by atoms with Gasteiger partial charge in [0.25, 0.3) is 0 Å². The van der Waals surface area contributed by atoms with E-state index >= 15 is 0 Å². The lowest BCUT2D eigenvalue weighted by Crippen LogP contribution is -2.08. The summed E-state index contributed by atoms with van der Waals surface area (Å²) in [5.74, 6) is -1.20. The van der Waals surface area contributed by atoms with Crippen LogP contribution in [0.1, 0.15) is 22.8 Å². The van der Waals surface area contributed by atoms with Gasteiger partial charge in [0.15, 0.2) is 0 Å². The molecule has 0 atom stereocenters. The number of hydrogen-bond donors (Lipinski definition) is 0. The van der Waals surface area contributed by atoms with E-state index in [9.17, 15) is 28.1 Å². The lowest BCUT2D eigenvalue weighted by atomic mass is 10.1. The number of carbonyl (C=O) groups excluding carboxylic acids is 1. The van der Waals surface area contributed by atoms with Crippen molar-refractivity contribution in [1.82, 2.24) is 0 Å². The number of halogens is 3. The van der Waals surface area contributed by atoms with Gasteiger partial charge in [-0.3, -0.25) is 10.1 Å². The van der Waals surface area contributed by atoms with E-state index in [1.165, 1.54) is 24.3 Å². The van der Waals surface area contributed by atoms with Gasteiger partial charge in [0.05, 0.1) is 17.1 Å². The Bertz CT molecular complexity index is 805. The SMILES string of the molecule is CCOC(=O)c1ccccc1Oc1ccc(C(F)(F)F)cc1[N+](=O)[O-]. The van der Waals surface area contributed by atoms with E-state index in [-0.39, 0.29) is 17.9 Å². The Morgan fingerprint density at radius 2 is 1.84 bits per heavy atom. The molecule has 0 fully saturated rings. The van der Waals surface area contributed by atoms with Crippen LogP contribution in [0.25, 0.3) is 0 Å². The van der Waals surface area contributed by atoms with Gasteiger partial charge in [-0.25, -0.2) is 4.79 Å². The summed E-state index contributed by atoms with van der Waals surface area (Å²) < 4.78 is 48.3. The average molecular weight is 355 g/mol. The standard InChI is InChI=1S/C16H12F3NO5/c1-2-24-15(21)11-5-3-4-6-13(11)25-14-8-7-10(16(17,18)19)9-12(14)20(22)23/h3-9H,2H2,1H3. The van der Waals surface area contributed by atoms with Crippen LogP contribution in [0.3, 0.4) is 0 Å². The van der Waals surface area contributed by atoms with E-state index in [0.29, 0.717) is 12.1 Å². The molecule has 6 nitrogen and oxygen atoms in total. The first kappa shape index (κ1) is 18.2. The first-order chi connectivity index (χ1) is 11.7. The maximum Gasteiger partial charge on any atom is 0.416 e. The van der Waals surface area contributed by atoms with Gasteiger partial charge in [0, 0.05) is 6.07 Å². The van der Waals surface area contributed by atoms with Gasteiger partial charge in [-0.05, 0) is 31.2 Å². The largest absolute Gasteiger partial charge is 0.462 e. The molecule has 2 aromatic rings. The van der Waals surface area contributed by atoms with Gasteiger partial charge in [-0.2, -0.15) is 13.2 Å². The number of para-hydroxylation sites is 1. The summed E-state index contributed by atoms with van der Waals surface area (Å²) in [7, 11) is 0. The smallest absolute Gasteiger partial charge is 0.416 e. The van der Waals surface area contributed by atoms with Gasteiger partial charge in [-0.1, -0.05) is 12.1 Å². The van der Waals surface area contributed by atoms with Crippen molar-refractivity contribution in [1.29, 1.82) is 0 Å². The fourth-order valence-electron chi connectivity index (χ4n) is 1.97. The number of hydrogen-bond acceptors (Lipinski definition) is 5. The van der Waals surface area contributed by atoms with Crippen molar-refractivity contribution in [3.63, 3.8) is 0 Å². The van der Waals surface area contributed by atoms with E-state index in [4.69, 9.17) is 9.47 Å². The number of rotatable bonds is 5. The maximum absolute atomic E-state index is 12.7. The third-order valence-electron chi connectivity index (χ3n) is 3.09. The molecule has 0 spiro atoms. The normalized spacial score (nSPS) is 11.0. The topological polar surface area (TPSA) is 78.7 Å². The summed E-state index contributed by atoms with van der Waals surface area (Å²) in [5, 5.41) is 11.1. The highest BCUT2D eigenvalue weighted by molar-refractivity contribution is 5.92. The zero-order chi connectivity index (χ0) is 18.6. The zero-order valence-electron chi connectivity index (χ0n) is 12.9. The summed E-state index contributed by atoms with van der Waals surface area (Å²) in [6, 6.07) is 7.64. The van der Waals surface area contributed by atoms with E-state index in [0.717, 1.165) is 6.07 Å². The van der Waals surface area contributed by atoms with Crippen molar-refractivity contribution in [2.24, 2.45) is 0 Å². The fourth-order valence-corrected chi connectivity index (χ4v) is 1.97. The van der Waals surface area contributed by atoms with Gasteiger partial charge >= 0.3 is 17.8 Å². The molecule has 0 radical (unpaired) electrons. The van der Waals surface area contributed by atoms with Crippen LogP contribution in [0.2, 0.25) is 0 Å². The lowest BCUT2D eigenvalue weighted by molar-refractivity contribution is -0.385. The van der Waals surface area contributed by atoms with E-state index < -0.39 is 34.1 Å². The molecule has 0 bridgehead atoms. The monoisotopic (exact) mass is 355 g/mol. The molecule has 0 amide bonds. The van der Waals surface area contributed by atoms with Crippen LogP contribution in [0.4, 0.5) is 18.9 Å². The molecule has 132 valence electrons. The Morgan fingerprint density at radius 1 is 1.16 bits per heavy atom. The second-order valence-corrected chi connectivity index (χ2v) is 4.76. The number of carbonyl (C=O) groups is 1. The highest BCUT2D eigenvalue weighted by atomic mass is 19.4. The van der Waals surface area contributed by atoms with Crippen molar-refractivity contribution < 1.29 is 32.4 Å². The zero-order valence-corrected chi connectivity index (χ0v) is 12.9. The van der Waals surface area contributed by atoms with Crippen molar-refractivity contribution in [2.45, 2.75) is 13.1 Å². The third kappa shape index (κ3) is 4.25. The maximum atomic E-state index is 12.7. The number of nitrogens with zero attached hydrogens (tertiary/aromatic N) is 1. The molecule has 0 aliphatic heterocycles. The van der Waals surface area contributed by atoms with E-state index in [1.807, 2.05) is 0 Å². The molecule has 0 heterocycles. The van der Waals surface area contributed by atoms with Crippen molar-refractivity contribution >= 4 is 11.7 Å².